The summed E-state index contributed by atoms with van der Waals surface area (Å²) in [4.78, 5) is 2.57. The van der Waals surface area contributed by atoms with E-state index in [1.54, 1.807) is 0 Å². The van der Waals surface area contributed by atoms with Crippen molar-refractivity contribution in [1.29, 1.82) is 0 Å². The number of aryl methyl sites for hydroxylation is 2. The molecule has 20 heavy (non-hydrogen) atoms. The summed E-state index contributed by atoms with van der Waals surface area (Å²) in [7, 11) is 0. The summed E-state index contributed by atoms with van der Waals surface area (Å²) in [5, 5.41) is 0. The summed E-state index contributed by atoms with van der Waals surface area (Å²) in [5.41, 5.74) is 10.2. The third-order valence-corrected chi connectivity index (χ3v) is 3.66. The van der Waals surface area contributed by atoms with E-state index >= 15 is 0 Å². The Kier molecular flexibility index (Phi) is 6.70. The van der Waals surface area contributed by atoms with Crippen molar-refractivity contribution < 1.29 is 0 Å². The molecule has 1 aromatic rings. The highest BCUT2D eigenvalue weighted by atomic mass is 15.2. The summed E-state index contributed by atoms with van der Waals surface area (Å²) in [6.45, 7) is 16.4. The standard InChI is InChI=1S/C18H32N2/c1-13(2)11-20(12-14(3)4)18(10-19)17-9-15(5)7-8-16(17)6/h7-9,13-14,18H,10-12,19H2,1-6H3. The fourth-order valence-electron chi connectivity index (χ4n) is 2.86. The van der Waals surface area contributed by atoms with Gasteiger partial charge in [-0.05, 0) is 36.8 Å². The van der Waals surface area contributed by atoms with Crippen molar-refractivity contribution in [3.05, 3.63) is 34.9 Å². The van der Waals surface area contributed by atoms with Crippen LogP contribution < -0.4 is 5.73 Å². The predicted molar refractivity (Wildman–Crippen MR) is 89.0 cm³/mol. The second-order valence-electron chi connectivity index (χ2n) is 6.85. The monoisotopic (exact) mass is 276 g/mol. The molecule has 2 heteroatoms. The van der Waals surface area contributed by atoms with E-state index in [0.717, 1.165) is 13.1 Å². The number of hydrogen-bond acceptors (Lipinski definition) is 2. The van der Waals surface area contributed by atoms with Gasteiger partial charge in [0, 0.05) is 25.7 Å². The van der Waals surface area contributed by atoms with Gasteiger partial charge in [0.1, 0.15) is 0 Å². The Hall–Kier alpha value is -0.860. The third kappa shape index (κ3) is 4.92. The van der Waals surface area contributed by atoms with Gasteiger partial charge in [-0.3, -0.25) is 4.90 Å². The van der Waals surface area contributed by atoms with Gasteiger partial charge in [0.25, 0.3) is 0 Å². The van der Waals surface area contributed by atoms with Crippen molar-refractivity contribution >= 4 is 0 Å². The number of nitrogens with two attached hydrogens (primary N) is 1. The normalized spacial score (nSPS) is 13.5. The molecule has 0 amide bonds. The van der Waals surface area contributed by atoms with Gasteiger partial charge in [-0.1, -0.05) is 51.5 Å². The molecule has 0 saturated heterocycles. The smallest absolute Gasteiger partial charge is 0.0473 e. The molecule has 1 aromatic carbocycles. The summed E-state index contributed by atoms with van der Waals surface area (Å²) < 4.78 is 0. The molecule has 2 N–H and O–H groups in total. The fraction of sp³-hybridized carbons (Fsp3) is 0.667. The van der Waals surface area contributed by atoms with Crippen molar-refractivity contribution in [2.24, 2.45) is 17.6 Å². The number of hydrogen-bond donors (Lipinski definition) is 1. The molecule has 0 aromatic heterocycles. The Morgan fingerprint density at radius 2 is 1.55 bits per heavy atom. The maximum Gasteiger partial charge on any atom is 0.0473 e. The van der Waals surface area contributed by atoms with Crippen LogP contribution in [-0.4, -0.2) is 24.5 Å². The van der Waals surface area contributed by atoms with E-state index in [1.165, 1.54) is 16.7 Å². The molecule has 0 fully saturated rings. The van der Waals surface area contributed by atoms with Crippen LogP contribution in [0.25, 0.3) is 0 Å². The third-order valence-electron chi connectivity index (χ3n) is 3.66. The zero-order valence-corrected chi connectivity index (χ0v) is 14.1. The first-order valence-electron chi connectivity index (χ1n) is 7.86. The summed E-state index contributed by atoms with van der Waals surface area (Å²) in [6.07, 6.45) is 0. The van der Waals surface area contributed by atoms with Crippen molar-refractivity contribution in [3.63, 3.8) is 0 Å². The lowest BCUT2D eigenvalue weighted by Gasteiger charge is -2.35. The Labute approximate surface area is 125 Å². The first kappa shape index (κ1) is 17.2. The molecule has 0 aliphatic heterocycles. The van der Waals surface area contributed by atoms with Crippen molar-refractivity contribution in [2.45, 2.75) is 47.6 Å². The minimum absolute atomic E-state index is 0.333. The topological polar surface area (TPSA) is 29.3 Å². The molecule has 0 bridgehead atoms. The van der Waals surface area contributed by atoms with E-state index in [4.69, 9.17) is 5.73 Å². The molecule has 0 aliphatic rings. The Morgan fingerprint density at radius 3 is 2.00 bits per heavy atom. The van der Waals surface area contributed by atoms with Crippen LogP contribution in [0, 0.1) is 25.7 Å². The largest absolute Gasteiger partial charge is 0.329 e. The minimum Gasteiger partial charge on any atom is -0.329 e. The Morgan fingerprint density at radius 1 is 1.00 bits per heavy atom. The first-order valence-corrected chi connectivity index (χ1v) is 7.86. The van der Waals surface area contributed by atoms with E-state index < -0.39 is 0 Å². The second-order valence-corrected chi connectivity index (χ2v) is 6.85. The molecular weight excluding hydrogens is 244 g/mol. The Bertz CT molecular complexity index is 400. The van der Waals surface area contributed by atoms with Crippen LogP contribution in [0.3, 0.4) is 0 Å². The maximum atomic E-state index is 6.13. The lowest BCUT2D eigenvalue weighted by Crippen LogP contribution is -2.39. The van der Waals surface area contributed by atoms with Crippen LogP contribution in [0.4, 0.5) is 0 Å². The number of benzene rings is 1. The van der Waals surface area contributed by atoms with E-state index in [0.29, 0.717) is 24.4 Å². The summed E-state index contributed by atoms with van der Waals surface area (Å²) in [6, 6.07) is 7.04. The number of nitrogens with zero attached hydrogens (tertiary/aromatic N) is 1. The van der Waals surface area contributed by atoms with E-state index in [9.17, 15) is 0 Å². The van der Waals surface area contributed by atoms with Crippen LogP contribution in [0.1, 0.15) is 50.4 Å². The zero-order chi connectivity index (χ0) is 15.3. The van der Waals surface area contributed by atoms with Crippen molar-refractivity contribution in [1.82, 2.24) is 4.90 Å². The van der Waals surface area contributed by atoms with E-state index in [-0.39, 0.29) is 0 Å². The van der Waals surface area contributed by atoms with Crippen LogP contribution >= 0.6 is 0 Å². The lowest BCUT2D eigenvalue weighted by molar-refractivity contribution is 0.159. The minimum atomic E-state index is 0.333. The van der Waals surface area contributed by atoms with Gasteiger partial charge < -0.3 is 5.73 Å². The fourth-order valence-corrected chi connectivity index (χ4v) is 2.86. The van der Waals surface area contributed by atoms with Crippen molar-refractivity contribution in [3.8, 4) is 0 Å². The number of rotatable bonds is 7. The zero-order valence-electron chi connectivity index (χ0n) is 14.1. The highest BCUT2D eigenvalue weighted by Crippen LogP contribution is 2.26. The van der Waals surface area contributed by atoms with Crippen molar-refractivity contribution in [2.75, 3.05) is 19.6 Å². The molecule has 1 unspecified atom stereocenters. The van der Waals surface area contributed by atoms with Crippen LogP contribution in [0.2, 0.25) is 0 Å². The molecule has 0 heterocycles. The van der Waals surface area contributed by atoms with E-state index in [1.807, 2.05) is 0 Å². The maximum absolute atomic E-state index is 6.13. The van der Waals surface area contributed by atoms with Gasteiger partial charge in [0.2, 0.25) is 0 Å². The molecular formula is C18H32N2. The second kappa shape index (κ2) is 7.80. The van der Waals surface area contributed by atoms with Gasteiger partial charge in [-0.2, -0.15) is 0 Å². The summed E-state index contributed by atoms with van der Waals surface area (Å²) >= 11 is 0. The predicted octanol–water partition coefficient (Wildman–Crippen LogP) is 3.92. The van der Waals surface area contributed by atoms with Crippen LogP contribution in [-0.2, 0) is 0 Å². The SMILES string of the molecule is Cc1ccc(C)c(C(CN)N(CC(C)C)CC(C)C)c1. The van der Waals surface area contributed by atoms with Crippen LogP contribution in [0.15, 0.2) is 18.2 Å². The molecule has 0 radical (unpaired) electrons. The van der Waals surface area contributed by atoms with Crippen LogP contribution in [0.5, 0.6) is 0 Å². The van der Waals surface area contributed by atoms with Gasteiger partial charge in [-0.25, -0.2) is 0 Å². The highest BCUT2D eigenvalue weighted by molar-refractivity contribution is 5.33. The van der Waals surface area contributed by atoms with Gasteiger partial charge in [0.05, 0.1) is 0 Å². The molecule has 1 atom stereocenters. The molecule has 0 aliphatic carbocycles. The molecule has 0 spiro atoms. The summed E-state index contributed by atoms with van der Waals surface area (Å²) in [5.74, 6) is 1.32. The average Bonchev–Trinajstić information content (AvgIpc) is 2.32. The highest BCUT2D eigenvalue weighted by Gasteiger charge is 2.22. The first-order chi connectivity index (χ1) is 9.35. The quantitative estimate of drug-likeness (QED) is 0.818. The molecule has 0 saturated carbocycles. The molecule has 114 valence electrons. The molecule has 2 nitrogen and oxygen atoms in total. The lowest BCUT2D eigenvalue weighted by atomic mass is 9.96. The Balaban J connectivity index is 3.07. The van der Waals surface area contributed by atoms with Gasteiger partial charge >= 0.3 is 0 Å². The van der Waals surface area contributed by atoms with Gasteiger partial charge in [-0.15, -0.1) is 0 Å². The average molecular weight is 276 g/mol. The molecule has 1 rings (SSSR count). The van der Waals surface area contributed by atoms with Gasteiger partial charge in [0.15, 0.2) is 0 Å². The van der Waals surface area contributed by atoms with E-state index in [2.05, 4.69) is 64.6 Å².